The molecule has 48 heavy (non-hydrogen) atoms. The number of ether oxygens (including phenoxy) is 6. The summed E-state index contributed by atoms with van der Waals surface area (Å²) in [5.41, 5.74) is 3.74. The molecular formula is C34H30Cl8O6. The summed E-state index contributed by atoms with van der Waals surface area (Å²) < 4.78 is 37.5. The third-order valence-electron chi connectivity index (χ3n) is 13.2. The average Bonchev–Trinajstić information content (AvgIpc) is 3.53. The van der Waals surface area contributed by atoms with E-state index in [9.17, 15) is 0 Å². The Hall–Kier alpha value is -0.0600. The first kappa shape index (κ1) is 33.8. The van der Waals surface area contributed by atoms with Gasteiger partial charge < -0.3 is 28.4 Å². The van der Waals surface area contributed by atoms with E-state index in [1.165, 1.54) is 28.4 Å². The first-order chi connectivity index (χ1) is 22.7. The van der Waals surface area contributed by atoms with E-state index in [4.69, 9.17) is 121 Å². The van der Waals surface area contributed by atoms with Crippen LogP contribution in [0.1, 0.15) is 45.9 Å². The van der Waals surface area contributed by atoms with Crippen molar-refractivity contribution < 1.29 is 28.4 Å². The Morgan fingerprint density at radius 3 is 0.792 bits per heavy atom. The van der Waals surface area contributed by atoms with Crippen LogP contribution < -0.4 is 9.47 Å². The maximum absolute atomic E-state index is 7.69. The van der Waals surface area contributed by atoms with Gasteiger partial charge in [-0.25, -0.2) is 0 Å². The molecule has 11 rings (SSSR count). The molecule has 0 spiro atoms. The van der Waals surface area contributed by atoms with Crippen LogP contribution in [0.2, 0.25) is 0 Å². The fourth-order valence-corrected chi connectivity index (χ4v) is 16.6. The quantitative estimate of drug-likeness (QED) is 0.162. The molecule has 0 N–H and O–H groups in total. The molecular weight excluding hydrogens is 788 g/mol. The van der Waals surface area contributed by atoms with E-state index in [1.807, 2.05) is 0 Å². The van der Waals surface area contributed by atoms with Gasteiger partial charge in [0.1, 0.15) is 31.0 Å². The van der Waals surface area contributed by atoms with Gasteiger partial charge in [-0.3, -0.25) is 0 Å². The maximum Gasteiger partial charge on any atom is 0.217 e. The average molecular weight is 818 g/mol. The lowest BCUT2D eigenvalue weighted by atomic mass is 9.52. The molecule has 8 bridgehead atoms. The van der Waals surface area contributed by atoms with Crippen LogP contribution in [0.4, 0.5) is 0 Å². The normalized spacial score (nSPS) is 46.8. The van der Waals surface area contributed by atoms with Crippen LogP contribution in [0.5, 0.6) is 11.5 Å². The van der Waals surface area contributed by atoms with Crippen molar-refractivity contribution in [3.63, 3.8) is 0 Å². The summed E-state index contributed by atoms with van der Waals surface area (Å²) in [5, 5.41) is 0.868. The van der Waals surface area contributed by atoms with Crippen LogP contribution in [-0.2, 0) is 18.9 Å². The highest BCUT2D eigenvalue weighted by Gasteiger charge is 2.89. The Morgan fingerprint density at radius 1 is 0.417 bits per heavy atom. The highest BCUT2D eigenvalue weighted by molar-refractivity contribution is 6.53. The van der Waals surface area contributed by atoms with Crippen LogP contribution in [0.15, 0.2) is 44.4 Å². The summed E-state index contributed by atoms with van der Waals surface area (Å²) in [7, 11) is 9.41. The number of alkyl halides is 4. The second-order valence-corrected chi connectivity index (χ2v) is 17.7. The molecule has 0 saturated heterocycles. The number of hydrogen-bond acceptors (Lipinski definition) is 6. The van der Waals surface area contributed by atoms with Gasteiger partial charge in [0, 0.05) is 98.0 Å². The van der Waals surface area contributed by atoms with Crippen LogP contribution in [0, 0.1) is 23.7 Å². The molecule has 0 aliphatic heterocycles. The molecule has 258 valence electrons. The van der Waals surface area contributed by atoms with E-state index < -0.39 is 31.1 Å². The Labute approximate surface area is 318 Å². The van der Waals surface area contributed by atoms with E-state index in [-0.39, 0.29) is 67.5 Å². The monoisotopic (exact) mass is 814 g/mol. The molecule has 6 nitrogen and oxygen atoms in total. The minimum atomic E-state index is -1.56. The Balaban J connectivity index is 1.33. The van der Waals surface area contributed by atoms with Gasteiger partial charge in [-0.1, -0.05) is 70.7 Å². The Bertz CT molecular complexity index is 1610. The fraction of sp³-hybridized carbons (Fsp3) is 0.588. The highest BCUT2D eigenvalue weighted by atomic mass is 35.5. The van der Waals surface area contributed by atoms with Crippen molar-refractivity contribution in [3.8, 4) is 11.5 Å². The Kier molecular flexibility index (Phi) is 6.98. The summed E-state index contributed by atoms with van der Waals surface area (Å²) >= 11 is 58.9. The van der Waals surface area contributed by atoms with Crippen LogP contribution in [0.3, 0.4) is 0 Å². The first-order valence-corrected chi connectivity index (χ1v) is 18.5. The van der Waals surface area contributed by atoms with Crippen molar-refractivity contribution in [1.29, 1.82) is 0 Å². The summed E-state index contributed by atoms with van der Waals surface area (Å²) in [5.74, 6) is -4.56. The molecule has 2 fully saturated rings. The van der Waals surface area contributed by atoms with Gasteiger partial charge in [0.25, 0.3) is 0 Å². The summed E-state index contributed by atoms with van der Waals surface area (Å²) in [6.07, 6.45) is 8.60. The molecule has 12 atom stereocenters. The zero-order valence-corrected chi connectivity index (χ0v) is 32.4. The van der Waals surface area contributed by atoms with Crippen molar-refractivity contribution >= 4 is 92.8 Å². The lowest BCUT2D eigenvalue weighted by Crippen LogP contribution is -2.57. The number of rotatable bonds is 6. The summed E-state index contributed by atoms with van der Waals surface area (Å²) in [6, 6.07) is 0. The van der Waals surface area contributed by atoms with Crippen molar-refractivity contribution in [2.45, 2.75) is 54.7 Å². The molecule has 10 aliphatic rings. The smallest absolute Gasteiger partial charge is 0.217 e. The van der Waals surface area contributed by atoms with E-state index in [0.29, 0.717) is 11.5 Å². The molecule has 2 saturated carbocycles. The Morgan fingerprint density at radius 2 is 0.625 bits per heavy atom. The van der Waals surface area contributed by atoms with Crippen LogP contribution in [0.25, 0.3) is 0 Å². The molecule has 0 aromatic heterocycles. The number of benzene rings is 1. The SMILES string of the molecule is COc1c2c(c(OC)c3c1[C@@H]1C=C[C@H]3[C@@H]3[C@H]1[C@]1(Cl)C(Cl)=C(Cl)[C@@]3(Cl)C1(OC)OC)[C@@H]1C=C[C@H]2[C@@H]2[C@@H]1[C@]1(Cl)C(Cl)=C(Cl)[C@@]2(Cl)C1(OC)OC. The van der Waals surface area contributed by atoms with E-state index in [1.54, 1.807) is 14.2 Å². The van der Waals surface area contributed by atoms with Gasteiger partial charge in [-0.05, 0) is 0 Å². The predicted molar refractivity (Wildman–Crippen MR) is 188 cm³/mol. The largest absolute Gasteiger partial charge is 0.496 e. The predicted octanol–water partition coefficient (Wildman–Crippen LogP) is 8.99. The van der Waals surface area contributed by atoms with E-state index in [0.717, 1.165) is 22.3 Å². The number of halogens is 8. The third-order valence-corrected chi connectivity index (χ3v) is 18.5. The number of allylic oxidation sites excluding steroid dienone is 4. The second kappa shape index (κ2) is 9.92. The molecule has 14 heteroatoms. The first-order valence-electron chi connectivity index (χ1n) is 15.5. The minimum Gasteiger partial charge on any atom is -0.496 e. The van der Waals surface area contributed by atoms with Crippen LogP contribution >= 0.6 is 92.8 Å². The minimum absolute atomic E-state index is 0.217. The number of fused-ring (bicyclic) bond motifs is 4. The van der Waals surface area contributed by atoms with Gasteiger partial charge in [0.2, 0.25) is 11.6 Å². The van der Waals surface area contributed by atoms with Gasteiger partial charge in [0.15, 0.2) is 0 Å². The summed E-state index contributed by atoms with van der Waals surface area (Å²) in [4.78, 5) is -5.64. The fourth-order valence-electron chi connectivity index (χ4n) is 12.0. The van der Waals surface area contributed by atoms with Gasteiger partial charge in [0.05, 0.1) is 34.3 Å². The van der Waals surface area contributed by atoms with Crippen molar-refractivity contribution in [2.24, 2.45) is 23.7 Å². The van der Waals surface area contributed by atoms with Gasteiger partial charge >= 0.3 is 0 Å². The molecule has 0 unspecified atom stereocenters. The zero-order chi connectivity index (χ0) is 34.5. The molecule has 1 aromatic rings. The van der Waals surface area contributed by atoms with Gasteiger partial charge in [-0.15, -0.1) is 46.4 Å². The topological polar surface area (TPSA) is 55.4 Å². The van der Waals surface area contributed by atoms with E-state index in [2.05, 4.69) is 24.3 Å². The zero-order valence-electron chi connectivity index (χ0n) is 26.4. The highest BCUT2D eigenvalue weighted by Crippen LogP contribution is 2.84. The lowest BCUT2D eigenvalue weighted by Gasteiger charge is -2.54. The van der Waals surface area contributed by atoms with Crippen molar-refractivity contribution in [3.05, 3.63) is 66.7 Å². The molecule has 0 heterocycles. The van der Waals surface area contributed by atoms with E-state index >= 15 is 0 Å². The van der Waals surface area contributed by atoms with Crippen molar-refractivity contribution in [2.75, 3.05) is 42.7 Å². The second-order valence-electron chi connectivity index (χ2n) is 13.8. The third kappa shape index (κ3) is 2.80. The molecule has 0 radical (unpaired) electrons. The maximum atomic E-state index is 7.69. The standard InChI is InChI=1S/C34H30Cl8O6/c1-43-23-15-11-7-9-13(21-19(11)29(39)25(35)27(37)31(21,41)33(29,45-3)46-4)17(15)24(44-2)18-14-10-8-12(16(18)23)20-22(14)32(42)28(38)26(36)30(20,40)34(32,47-5)48-6/h7-14,19-22H,1-6H3/t11-,12+,13+,14-,19-,20-,21+,22-,29-,30+,31+,32-/m1/s1. The molecule has 0 amide bonds. The van der Waals surface area contributed by atoms with Crippen molar-refractivity contribution in [1.82, 2.24) is 0 Å². The molecule has 1 aromatic carbocycles. The number of methoxy groups -OCH3 is 6. The van der Waals surface area contributed by atoms with Gasteiger partial charge in [-0.2, -0.15) is 0 Å². The number of hydrogen-bond donors (Lipinski definition) is 0. The summed E-state index contributed by atoms with van der Waals surface area (Å²) in [6.45, 7) is 0. The van der Waals surface area contributed by atoms with Crippen LogP contribution in [-0.4, -0.2) is 73.7 Å². The lowest BCUT2D eigenvalue weighted by molar-refractivity contribution is -0.220. The molecule has 10 aliphatic carbocycles.